The van der Waals surface area contributed by atoms with Crippen LogP contribution in [0, 0.1) is 5.41 Å². The first-order valence-corrected chi connectivity index (χ1v) is 5.96. The molecular formula is C12H21NO3. The van der Waals surface area contributed by atoms with Crippen molar-refractivity contribution < 1.29 is 14.6 Å². The van der Waals surface area contributed by atoms with Crippen LogP contribution in [0.15, 0.2) is 0 Å². The van der Waals surface area contributed by atoms with Crippen molar-refractivity contribution in [2.75, 3.05) is 13.1 Å². The highest BCUT2D eigenvalue weighted by atomic mass is 16.6. The number of carbonyl (C=O) groups excluding carboxylic acids is 1. The van der Waals surface area contributed by atoms with Crippen molar-refractivity contribution in [3.05, 3.63) is 0 Å². The third-order valence-electron chi connectivity index (χ3n) is 3.38. The maximum absolute atomic E-state index is 11.7. The molecule has 2 rings (SSSR count). The first-order chi connectivity index (χ1) is 7.30. The van der Waals surface area contributed by atoms with E-state index in [2.05, 4.69) is 0 Å². The fourth-order valence-electron chi connectivity index (χ4n) is 2.68. The number of carbonyl (C=O) groups is 1. The number of rotatable bonds is 0. The summed E-state index contributed by atoms with van der Waals surface area (Å²) >= 11 is 0. The first kappa shape index (κ1) is 11.7. The fourth-order valence-corrected chi connectivity index (χ4v) is 2.68. The zero-order valence-corrected chi connectivity index (χ0v) is 10.3. The molecule has 0 bridgehead atoms. The minimum atomic E-state index is -0.422. The van der Waals surface area contributed by atoms with E-state index in [1.54, 1.807) is 4.90 Å². The lowest BCUT2D eigenvalue weighted by molar-refractivity contribution is -0.0358. The van der Waals surface area contributed by atoms with Crippen molar-refractivity contribution in [1.82, 2.24) is 4.90 Å². The molecule has 1 atom stereocenters. The van der Waals surface area contributed by atoms with Crippen LogP contribution in [-0.2, 0) is 4.74 Å². The van der Waals surface area contributed by atoms with Crippen molar-refractivity contribution in [3.8, 4) is 0 Å². The molecular weight excluding hydrogens is 206 g/mol. The highest BCUT2D eigenvalue weighted by Gasteiger charge is 2.50. The van der Waals surface area contributed by atoms with Crippen LogP contribution in [0.5, 0.6) is 0 Å². The maximum Gasteiger partial charge on any atom is 0.410 e. The molecule has 1 spiro atoms. The molecule has 1 N–H and O–H groups in total. The third kappa shape index (κ3) is 2.32. The summed E-state index contributed by atoms with van der Waals surface area (Å²) in [5, 5.41) is 9.51. The zero-order valence-electron chi connectivity index (χ0n) is 10.3. The summed E-state index contributed by atoms with van der Waals surface area (Å²) in [5.74, 6) is 0. The van der Waals surface area contributed by atoms with E-state index in [0.29, 0.717) is 0 Å². The van der Waals surface area contributed by atoms with Crippen molar-refractivity contribution >= 4 is 6.09 Å². The molecule has 16 heavy (non-hydrogen) atoms. The van der Waals surface area contributed by atoms with Gasteiger partial charge in [-0.05, 0) is 40.0 Å². The van der Waals surface area contributed by atoms with Gasteiger partial charge >= 0.3 is 6.09 Å². The van der Waals surface area contributed by atoms with E-state index in [4.69, 9.17) is 4.74 Å². The summed E-state index contributed by atoms with van der Waals surface area (Å²) in [7, 11) is 0. The van der Waals surface area contributed by atoms with Gasteiger partial charge in [-0.25, -0.2) is 4.79 Å². The molecule has 0 unspecified atom stereocenters. The number of ether oxygens (including phenoxy) is 1. The zero-order chi connectivity index (χ0) is 12.0. The average Bonchev–Trinajstić information content (AvgIpc) is 2.41. The van der Waals surface area contributed by atoms with Gasteiger partial charge in [0.05, 0.1) is 6.10 Å². The van der Waals surface area contributed by atoms with Gasteiger partial charge in [-0.15, -0.1) is 0 Å². The number of nitrogens with zero attached hydrogens (tertiary/aromatic N) is 1. The Morgan fingerprint density at radius 1 is 1.44 bits per heavy atom. The summed E-state index contributed by atoms with van der Waals surface area (Å²) in [4.78, 5) is 13.4. The molecule has 1 saturated heterocycles. The molecule has 0 aromatic rings. The molecule has 4 heteroatoms. The predicted molar refractivity (Wildman–Crippen MR) is 60.1 cm³/mol. The normalized spacial score (nSPS) is 28.0. The number of hydrogen-bond donors (Lipinski definition) is 1. The monoisotopic (exact) mass is 227 g/mol. The lowest BCUT2D eigenvalue weighted by atomic mass is 9.78. The van der Waals surface area contributed by atoms with Gasteiger partial charge in [-0.3, -0.25) is 0 Å². The van der Waals surface area contributed by atoms with Gasteiger partial charge in [0.15, 0.2) is 0 Å². The average molecular weight is 227 g/mol. The molecule has 92 valence electrons. The Morgan fingerprint density at radius 2 is 2.06 bits per heavy atom. The summed E-state index contributed by atoms with van der Waals surface area (Å²) < 4.78 is 5.30. The number of amides is 1. The second-order valence-electron chi connectivity index (χ2n) is 6.23. The van der Waals surface area contributed by atoms with Gasteiger partial charge < -0.3 is 14.7 Å². The van der Waals surface area contributed by atoms with E-state index in [-0.39, 0.29) is 17.6 Å². The Bertz CT molecular complexity index is 289. The Labute approximate surface area is 96.6 Å². The highest BCUT2D eigenvalue weighted by molar-refractivity contribution is 5.69. The topological polar surface area (TPSA) is 49.8 Å². The number of hydrogen-bond acceptors (Lipinski definition) is 3. The Kier molecular flexibility index (Phi) is 2.65. The maximum atomic E-state index is 11.7. The van der Waals surface area contributed by atoms with Crippen LogP contribution < -0.4 is 0 Å². The van der Waals surface area contributed by atoms with Gasteiger partial charge in [0.2, 0.25) is 0 Å². The van der Waals surface area contributed by atoms with E-state index in [9.17, 15) is 9.90 Å². The Balaban J connectivity index is 1.82. The molecule has 0 aromatic heterocycles. The number of aliphatic hydroxyl groups is 1. The summed E-state index contributed by atoms with van der Waals surface area (Å²) in [6, 6.07) is 0. The molecule has 2 aliphatic rings. The van der Waals surface area contributed by atoms with Crippen LogP contribution in [0.1, 0.15) is 40.0 Å². The molecule has 1 saturated carbocycles. The molecule has 1 amide bonds. The summed E-state index contributed by atoms with van der Waals surface area (Å²) in [5.41, 5.74) is -0.231. The molecule has 2 fully saturated rings. The van der Waals surface area contributed by atoms with Gasteiger partial charge in [-0.2, -0.15) is 0 Å². The number of likely N-dealkylation sites (tertiary alicyclic amines) is 1. The Hall–Kier alpha value is -0.770. The van der Waals surface area contributed by atoms with Gasteiger partial charge in [-0.1, -0.05) is 0 Å². The van der Waals surface area contributed by atoms with Crippen molar-refractivity contribution in [2.45, 2.75) is 51.7 Å². The van der Waals surface area contributed by atoms with Gasteiger partial charge in [0.1, 0.15) is 5.60 Å². The second-order valence-corrected chi connectivity index (χ2v) is 6.23. The molecule has 0 aromatic carbocycles. The van der Waals surface area contributed by atoms with Crippen LogP contribution in [0.4, 0.5) is 4.79 Å². The predicted octanol–water partition coefficient (Wildman–Crippen LogP) is 1.77. The van der Waals surface area contributed by atoms with E-state index in [1.165, 1.54) is 0 Å². The second kappa shape index (κ2) is 3.62. The van der Waals surface area contributed by atoms with Crippen LogP contribution >= 0.6 is 0 Å². The molecule has 0 radical (unpaired) electrons. The van der Waals surface area contributed by atoms with Crippen molar-refractivity contribution in [2.24, 2.45) is 5.41 Å². The molecule has 4 nitrogen and oxygen atoms in total. The van der Waals surface area contributed by atoms with Gasteiger partial charge in [0, 0.05) is 18.5 Å². The van der Waals surface area contributed by atoms with Gasteiger partial charge in [0.25, 0.3) is 0 Å². The van der Waals surface area contributed by atoms with Crippen molar-refractivity contribution in [1.29, 1.82) is 0 Å². The van der Waals surface area contributed by atoms with E-state index >= 15 is 0 Å². The fraction of sp³-hybridized carbons (Fsp3) is 0.917. The smallest absolute Gasteiger partial charge is 0.410 e. The van der Waals surface area contributed by atoms with Crippen LogP contribution in [-0.4, -0.2) is 40.9 Å². The summed E-state index contributed by atoms with van der Waals surface area (Å²) in [6.45, 7) is 7.12. The van der Waals surface area contributed by atoms with Crippen molar-refractivity contribution in [3.63, 3.8) is 0 Å². The minimum Gasteiger partial charge on any atom is -0.444 e. The molecule has 1 heterocycles. The SMILES string of the molecule is CC(C)(C)OC(=O)N1CC2(CC[C@H](O)C2)C1. The minimum absolute atomic E-state index is 0.166. The quantitative estimate of drug-likeness (QED) is 0.686. The molecule has 1 aliphatic heterocycles. The standard InChI is InChI=1S/C12H21NO3/c1-11(2,3)16-10(15)13-7-12(8-13)5-4-9(14)6-12/h9,14H,4-8H2,1-3H3/t9-/m0/s1. The van der Waals surface area contributed by atoms with Crippen LogP contribution in [0.2, 0.25) is 0 Å². The van der Waals surface area contributed by atoms with Crippen LogP contribution in [0.25, 0.3) is 0 Å². The van der Waals surface area contributed by atoms with E-state index in [1.807, 2.05) is 20.8 Å². The lowest BCUT2D eigenvalue weighted by Gasteiger charge is -2.48. The lowest BCUT2D eigenvalue weighted by Crippen LogP contribution is -2.58. The highest BCUT2D eigenvalue weighted by Crippen LogP contribution is 2.45. The summed E-state index contributed by atoms with van der Waals surface area (Å²) in [6.07, 6.45) is 2.36. The van der Waals surface area contributed by atoms with E-state index < -0.39 is 5.60 Å². The van der Waals surface area contributed by atoms with Crippen LogP contribution in [0.3, 0.4) is 0 Å². The molecule has 1 aliphatic carbocycles. The Morgan fingerprint density at radius 3 is 2.50 bits per heavy atom. The third-order valence-corrected chi connectivity index (χ3v) is 3.38. The van der Waals surface area contributed by atoms with E-state index in [0.717, 1.165) is 32.4 Å². The first-order valence-electron chi connectivity index (χ1n) is 5.96. The largest absolute Gasteiger partial charge is 0.444 e. The number of aliphatic hydroxyl groups excluding tert-OH is 1.